The maximum atomic E-state index is 12.3. The van der Waals surface area contributed by atoms with Gasteiger partial charge in [0.1, 0.15) is 0 Å². The molecule has 2 rings (SSSR count). The fraction of sp³-hybridized carbons (Fsp3) is 0.750. The second kappa shape index (κ2) is 5.01. The summed E-state index contributed by atoms with van der Waals surface area (Å²) in [5, 5.41) is 0.197. The number of piperidine rings is 1. The van der Waals surface area contributed by atoms with Crippen LogP contribution < -0.4 is 0 Å². The normalized spacial score (nSPS) is 21.0. The lowest BCUT2D eigenvalue weighted by Crippen LogP contribution is -2.42. The molecule has 1 aliphatic rings. The Morgan fingerprint density at radius 3 is 2.39 bits per heavy atom. The van der Waals surface area contributed by atoms with Gasteiger partial charge in [0.15, 0.2) is 5.03 Å². The summed E-state index contributed by atoms with van der Waals surface area (Å²) < 4.78 is 26.2. The van der Waals surface area contributed by atoms with Gasteiger partial charge in [0.25, 0.3) is 10.0 Å². The monoisotopic (exact) mass is 271 g/mol. The van der Waals surface area contributed by atoms with Gasteiger partial charge in [-0.2, -0.15) is 4.31 Å². The predicted octanol–water partition coefficient (Wildman–Crippen LogP) is 2.00. The molecule has 0 atom stereocenters. The third-order valence-electron chi connectivity index (χ3n) is 4.37. The van der Waals surface area contributed by atoms with Crippen LogP contribution in [0.5, 0.6) is 0 Å². The van der Waals surface area contributed by atoms with Gasteiger partial charge >= 0.3 is 0 Å². The lowest BCUT2D eigenvalue weighted by atomic mass is 9.75. The van der Waals surface area contributed by atoms with Crippen LogP contribution in [0.25, 0.3) is 0 Å². The first-order valence-corrected chi connectivity index (χ1v) is 7.96. The summed E-state index contributed by atoms with van der Waals surface area (Å²) in [4.78, 5) is 6.47. The fourth-order valence-corrected chi connectivity index (χ4v) is 4.02. The van der Waals surface area contributed by atoms with E-state index in [2.05, 4.69) is 23.8 Å². The highest BCUT2D eigenvalue weighted by Crippen LogP contribution is 2.38. The summed E-state index contributed by atoms with van der Waals surface area (Å²) in [7, 11) is -3.37. The molecule has 2 heterocycles. The molecular weight excluding hydrogens is 250 g/mol. The van der Waals surface area contributed by atoms with E-state index in [1.165, 1.54) is 12.5 Å². The van der Waals surface area contributed by atoms with Gasteiger partial charge in [0.2, 0.25) is 0 Å². The van der Waals surface area contributed by atoms with Crippen LogP contribution in [-0.2, 0) is 10.0 Å². The van der Waals surface area contributed by atoms with E-state index in [-0.39, 0.29) is 5.03 Å². The van der Waals surface area contributed by atoms with Crippen LogP contribution in [0.4, 0.5) is 0 Å². The van der Waals surface area contributed by atoms with Crippen molar-refractivity contribution >= 4 is 10.0 Å². The van der Waals surface area contributed by atoms with Crippen molar-refractivity contribution in [3.05, 3.63) is 12.5 Å². The van der Waals surface area contributed by atoms with Crippen LogP contribution in [0, 0.1) is 5.41 Å². The first-order valence-electron chi connectivity index (χ1n) is 6.52. The first-order chi connectivity index (χ1) is 8.54. The Morgan fingerprint density at radius 2 is 1.94 bits per heavy atom. The van der Waals surface area contributed by atoms with Gasteiger partial charge in [-0.15, -0.1) is 0 Å². The van der Waals surface area contributed by atoms with Gasteiger partial charge < -0.3 is 4.98 Å². The summed E-state index contributed by atoms with van der Waals surface area (Å²) in [6.07, 6.45) is 6.93. The first kappa shape index (κ1) is 13.5. The zero-order valence-electron chi connectivity index (χ0n) is 11.0. The molecule has 0 unspecified atom stereocenters. The van der Waals surface area contributed by atoms with E-state index in [0.29, 0.717) is 18.5 Å². The van der Waals surface area contributed by atoms with Gasteiger partial charge in [-0.3, -0.25) is 0 Å². The van der Waals surface area contributed by atoms with Crippen LogP contribution in [0.3, 0.4) is 0 Å². The van der Waals surface area contributed by atoms with Crippen LogP contribution in [-0.4, -0.2) is 35.8 Å². The highest BCUT2D eigenvalue weighted by Gasteiger charge is 2.36. The number of rotatable bonds is 4. The third-order valence-corrected chi connectivity index (χ3v) is 6.20. The summed E-state index contributed by atoms with van der Waals surface area (Å²) in [5.41, 5.74) is 0.333. The maximum absolute atomic E-state index is 12.3. The van der Waals surface area contributed by atoms with Crippen molar-refractivity contribution in [3.63, 3.8) is 0 Å². The molecule has 0 aliphatic carbocycles. The molecule has 6 heteroatoms. The van der Waals surface area contributed by atoms with E-state index in [0.717, 1.165) is 25.7 Å². The Kier molecular flexibility index (Phi) is 3.77. The van der Waals surface area contributed by atoms with E-state index < -0.39 is 10.0 Å². The summed E-state index contributed by atoms with van der Waals surface area (Å²) in [6, 6.07) is 0. The molecule has 0 spiro atoms. The number of nitrogens with one attached hydrogen (secondary N) is 1. The largest absolute Gasteiger partial charge is 0.335 e. The third kappa shape index (κ3) is 2.31. The number of aromatic amines is 1. The Hall–Kier alpha value is -0.880. The molecule has 1 aliphatic heterocycles. The van der Waals surface area contributed by atoms with Gasteiger partial charge in [-0.25, -0.2) is 13.4 Å². The minimum atomic E-state index is -3.37. The second-order valence-corrected chi connectivity index (χ2v) is 6.93. The predicted molar refractivity (Wildman–Crippen MR) is 69.6 cm³/mol. The highest BCUT2D eigenvalue weighted by molar-refractivity contribution is 7.89. The average molecular weight is 271 g/mol. The van der Waals surface area contributed by atoms with Gasteiger partial charge in [-0.05, 0) is 18.3 Å². The number of H-pyrrole nitrogens is 1. The van der Waals surface area contributed by atoms with Crippen LogP contribution >= 0.6 is 0 Å². The second-order valence-electron chi connectivity index (χ2n) is 5.03. The van der Waals surface area contributed by atoms with Crippen molar-refractivity contribution < 1.29 is 8.42 Å². The van der Waals surface area contributed by atoms with Gasteiger partial charge in [-0.1, -0.05) is 26.7 Å². The molecular formula is C12H21N3O2S. The highest BCUT2D eigenvalue weighted by atomic mass is 32.2. The number of aromatic nitrogens is 2. The number of nitrogens with zero attached hydrogens (tertiary/aromatic N) is 2. The van der Waals surface area contributed by atoms with E-state index in [1.807, 2.05) is 0 Å². The van der Waals surface area contributed by atoms with Crippen molar-refractivity contribution in [1.29, 1.82) is 0 Å². The lowest BCUT2D eigenvalue weighted by Gasteiger charge is -2.40. The molecule has 0 radical (unpaired) electrons. The van der Waals surface area contributed by atoms with Crippen molar-refractivity contribution in [2.45, 2.75) is 44.6 Å². The average Bonchev–Trinajstić information content (AvgIpc) is 2.93. The molecule has 0 aromatic carbocycles. The lowest BCUT2D eigenvalue weighted by molar-refractivity contribution is 0.141. The number of imidazole rings is 1. The van der Waals surface area contributed by atoms with Crippen LogP contribution in [0.1, 0.15) is 39.5 Å². The van der Waals surface area contributed by atoms with E-state index >= 15 is 0 Å². The molecule has 0 bridgehead atoms. The van der Waals surface area contributed by atoms with Crippen molar-refractivity contribution in [2.24, 2.45) is 5.41 Å². The zero-order valence-corrected chi connectivity index (χ0v) is 11.8. The van der Waals surface area contributed by atoms with E-state index in [9.17, 15) is 8.42 Å². The molecule has 1 saturated heterocycles. The Bertz CT molecular complexity index is 467. The number of hydrogen-bond donors (Lipinski definition) is 1. The maximum Gasteiger partial charge on any atom is 0.260 e. The molecule has 0 amide bonds. The van der Waals surface area contributed by atoms with Crippen molar-refractivity contribution in [3.8, 4) is 0 Å². The SMILES string of the molecule is CCC1(CC)CCN(S(=O)(=O)c2cnc[nH]2)CC1. The molecule has 1 aromatic heterocycles. The van der Waals surface area contributed by atoms with E-state index in [4.69, 9.17) is 0 Å². The minimum Gasteiger partial charge on any atom is -0.335 e. The summed E-state index contributed by atoms with van der Waals surface area (Å²) in [6.45, 7) is 5.62. The topological polar surface area (TPSA) is 66.1 Å². The molecule has 0 saturated carbocycles. The van der Waals surface area contributed by atoms with Crippen molar-refractivity contribution in [1.82, 2.24) is 14.3 Å². The molecule has 1 aromatic rings. The molecule has 102 valence electrons. The molecule has 1 fully saturated rings. The van der Waals surface area contributed by atoms with Crippen molar-refractivity contribution in [2.75, 3.05) is 13.1 Å². The van der Waals surface area contributed by atoms with Gasteiger partial charge in [0.05, 0.1) is 12.5 Å². The number of hydrogen-bond acceptors (Lipinski definition) is 3. The minimum absolute atomic E-state index is 0.197. The smallest absolute Gasteiger partial charge is 0.260 e. The van der Waals surface area contributed by atoms with Gasteiger partial charge in [0, 0.05) is 13.1 Å². The summed E-state index contributed by atoms with van der Waals surface area (Å²) in [5.74, 6) is 0. The van der Waals surface area contributed by atoms with Crippen LogP contribution in [0.2, 0.25) is 0 Å². The fourth-order valence-electron chi connectivity index (χ4n) is 2.68. The Morgan fingerprint density at radius 1 is 1.33 bits per heavy atom. The summed E-state index contributed by atoms with van der Waals surface area (Å²) >= 11 is 0. The number of sulfonamides is 1. The molecule has 5 nitrogen and oxygen atoms in total. The van der Waals surface area contributed by atoms with Crippen LogP contribution in [0.15, 0.2) is 17.6 Å². The van der Waals surface area contributed by atoms with E-state index in [1.54, 1.807) is 4.31 Å². The molecule has 18 heavy (non-hydrogen) atoms. The Balaban J connectivity index is 2.11. The zero-order chi connectivity index (χ0) is 13.2. The Labute approximate surface area is 109 Å². The molecule has 1 N–H and O–H groups in total. The standard InChI is InChI=1S/C12H21N3O2S/c1-3-12(4-2)5-7-15(8-6-12)18(16,17)11-9-13-10-14-11/h9-10H,3-8H2,1-2H3,(H,13,14). The quantitative estimate of drug-likeness (QED) is 0.911.